The maximum atomic E-state index is 12.3. The van der Waals surface area contributed by atoms with Gasteiger partial charge in [0.2, 0.25) is 11.8 Å². The number of amides is 2. The average Bonchev–Trinajstić information content (AvgIpc) is 3.16. The Morgan fingerprint density at radius 2 is 1.55 bits per heavy atom. The van der Waals surface area contributed by atoms with Crippen LogP contribution in [-0.4, -0.2) is 41.1 Å². The fourth-order valence-corrected chi connectivity index (χ4v) is 6.78. The molecule has 3 atom stereocenters. The fourth-order valence-electron chi connectivity index (χ4n) is 5.73. The fraction of sp³-hybridized carbons (Fsp3) is 0.333. The number of methoxy groups -OCH3 is 1. The number of hydrogen-bond acceptors (Lipinski definition) is 8. The maximum Gasteiger partial charge on any atom is 0.243 e. The van der Waals surface area contributed by atoms with Crippen LogP contribution in [0.15, 0.2) is 102 Å². The smallest absolute Gasteiger partial charge is 0.243 e. The summed E-state index contributed by atoms with van der Waals surface area (Å²) in [7, 11) is 1.68. The van der Waals surface area contributed by atoms with E-state index in [1.54, 1.807) is 24.4 Å². The van der Waals surface area contributed by atoms with E-state index in [0.717, 1.165) is 56.2 Å². The minimum Gasteiger partial charge on any atom is -0.496 e. The van der Waals surface area contributed by atoms with Crippen molar-refractivity contribution < 1.29 is 34.1 Å². The van der Waals surface area contributed by atoms with Crippen LogP contribution in [0.1, 0.15) is 73.2 Å². The summed E-state index contributed by atoms with van der Waals surface area (Å²) in [4.78, 5) is 24.5. The average molecular weight is 685 g/mol. The standard InChI is InChI=1S/C39H44N2O7S/c1-46-34-10-5-6-11-36(34)49-26-33-23-35(30-16-14-27(25-42)15-17-30)48-39(47-33)31-20-18-29(19-21-31)32-9-7-8-28(22-32)24-40-37(43)12-3-2-4-13-38(44)41-45/h5-11,14-22,33,35,39,42,45H,2-4,12-13,23-26H2,1H3,(H,40,43)(H,41,44). The number of rotatable bonds is 16. The molecule has 0 radical (unpaired) electrons. The van der Waals surface area contributed by atoms with E-state index in [2.05, 4.69) is 29.6 Å². The van der Waals surface area contributed by atoms with Crippen LogP contribution in [-0.2, 0) is 32.2 Å². The van der Waals surface area contributed by atoms with Gasteiger partial charge in [0.05, 0.1) is 25.9 Å². The molecule has 0 saturated carbocycles. The SMILES string of the molecule is COc1ccccc1SCC1CC(c2ccc(CO)cc2)OC(c2ccc(-c3cccc(CNC(=O)CCCCCC(=O)NO)c3)cc2)O1. The number of thioether (sulfide) groups is 1. The van der Waals surface area contributed by atoms with E-state index in [9.17, 15) is 14.7 Å². The molecule has 0 bridgehead atoms. The summed E-state index contributed by atoms with van der Waals surface area (Å²) in [5.41, 5.74) is 7.53. The number of nitrogens with one attached hydrogen (secondary N) is 2. The number of hydroxylamine groups is 1. The summed E-state index contributed by atoms with van der Waals surface area (Å²) in [5, 5.41) is 21.1. The largest absolute Gasteiger partial charge is 0.496 e. The Hall–Kier alpha value is -4.19. The first-order chi connectivity index (χ1) is 23.9. The van der Waals surface area contributed by atoms with Crippen LogP contribution in [0, 0.1) is 0 Å². The summed E-state index contributed by atoms with van der Waals surface area (Å²) in [5.74, 6) is 1.13. The molecule has 3 unspecified atom stereocenters. The van der Waals surface area contributed by atoms with Gasteiger partial charge in [0.15, 0.2) is 6.29 Å². The third-order valence-corrected chi connectivity index (χ3v) is 9.66. The number of unbranched alkanes of at least 4 members (excludes halogenated alkanes) is 2. The molecule has 4 aromatic carbocycles. The maximum absolute atomic E-state index is 12.3. The summed E-state index contributed by atoms with van der Waals surface area (Å²) in [6.45, 7) is 0.423. The van der Waals surface area contributed by atoms with Gasteiger partial charge in [-0.15, -0.1) is 11.8 Å². The van der Waals surface area contributed by atoms with Gasteiger partial charge >= 0.3 is 0 Å². The van der Waals surface area contributed by atoms with Crippen LogP contribution < -0.4 is 15.5 Å². The Labute approximate surface area is 292 Å². The van der Waals surface area contributed by atoms with Crippen molar-refractivity contribution in [2.75, 3.05) is 12.9 Å². The van der Waals surface area contributed by atoms with Gasteiger partial charge in [0.1, 0.15) is 5.75 Å². The Bertz CT molecular complexity index is 1650. The number of hydrogen-bond donors (Lipinski definition) is 4. The molecule has 0 aliphatic carbocycles. The molecule has 4 N–H and O–H groups in total. The van der Waals surface area contributed by atoms with E-state index in [1.807, 2.05) is 72.8 Å². The highest BCUT2D eigenvalue weighted by molar-refractivity contribution is 7.99. The molecule has 4 aromatic rings. The van der Waals surface area contributed by atoms with Gasteiger partial charge in [-0.05, 0) is 58.9 Å². The van der Waals surface area contributed by atoms with E-state index in [4.69, 9.17) is 19.4 Å². The molecule has 9 nitrogen and oxygen atoms in total. The summed E-state index contributed by atoms with van der Waals surface area (Å²) < 4.78 is 18.7. The molecule has 5 rings (SSSR count). The lowest BCUT2D eigenvalue weighted by Gasteiger charge is -2.36. The second-order valence-corrected chi connectivity index (χ2v) is 13.1. The third kappa shape index (κ3) is 10.6. The molecule has 0 spiro atoms. The molecule has 1 aliphatic rings. The molecule has 49 heavy (non-hydrogen) atoms. The number of ether oxygens (including phenoxy) is 3. The molecule has 1 saturated heterocycles. The second-order valence-electron chi connectivity index (χ2n) is 12.0. The van der Waals surface area contributed by atoms with Crippen molar-refractivity contribution in [3.8, 4) is 16.9 Å². The lowest BCUT2D eigenvalue weighted by molar-refractivity contribution is -0.245. The van der Waals surface area contributed by atoms with Crippen LogP contribution in [0.4, 0.5) is 0 Å². The Balaban J connectivity index is 1.22. The van der Waals surface area contributed by atoms with E-state index in [0.29, 0.717) is 32.2 Å². The first-order valence-electron chi connectivity index (χ1n) is 16.6. The van der Waals surface area contributed by atoms with Gasteiger partial charge in [0.25, 0.3) is 0 Å². The number of carbonyl (C=O) groups excluding carboxylic acids is 2. The normalized spacial score (nSPS) is 17.3. The van der Waals surface area contributed by atoms with Crippen molar-refractivity contribution in [1.82, 2.24) is 10.8 Å². The van der Waals surface area contributed by atoms with E-state index < -0.39 is 12.2 Å². The quantitative estimate of drug-likeness (QED) is 0.0421. The summed E-state index contributed by atoms with van der Waals surface area (Å²) in [6, 6.07) is 32.2. The van der Waals surface area contributed by atoms with Gasteiger partial charge in [-0.25, -0.2) is 5.48 Å². The second kappa shape index (κ2) is 18.5. The third-order valence-electron chi connectivity index (χ3n) is 8.47. The Kier molecular flexibility index (Phi) is 13.7. The van der Waals surface area contributed by atoms with Crippen LogP contribution in [0.5, 0.6) is 5.75 Å². The molecule has 10 heteroatoms. The zero-order valence-corrected chi connectivity index (χ0v) is 28.5. The lowest BCUT2D eigenvalue weighted by atomic mass is 9.99. The highest BCUT2D eigenvalue weighted by Gasteiger charge is 2.32. The van der Waals surface area contributed by atoms with Gasteiger partial charge in [-0.2, -0.15) is 0 Å². The molecule has 258 valence electrons. The van der Waals surface area contributed by atoms with E-state index >= 15 is 0 Å². The van der Waals surface area contributed by atoms with Crippen LogP contribution >= 0.6 is 11.8 Å². The molecule has 0 aromatic heterocycles. The number of benzene rings is 4. The predicted octanol–water partition coefficient (Wildman–Crippen LogP) is 7.26. The molecular weight excluding hydrogens is 641 g/mol. The van der Waals surface area contributed by atoms with E-state index in [1.165, 1.54) is 0 Å². The van der Waals surface area contributed by atoms with Gasteiger partial charge in [-0.3, -0.25) is 14.8 Å². The number of aliphatic hydroxyl groups excluding tert-OH is 1. The molecule has 2 amide bonds. The Morgan fingerprint density at radius 1 is 0.816 bits per heavy atom. The lowest BCUT2D eigenvalue weighted by Crippen LogP contribution is -2.31. The van der Waals surface area contributed by atoms with Gasteiger partial charge < -0.3 is 24.6 Å². The molecule has 1 aliphatic heterocycles. The zero-order chi connectivity index (χ0) is 34.4. The zero-order valence-electron chi connectivity index (χ0n) is 27.7. The number of para-hydroxylation sites is 1. The predicted molar refractivity (Wildman–Crippen MR) is 189 cm³/mol. The van der Waals surface area contributed by atoms with Gasteiger partial charge in [-0.1, -0.05) is 85.3 Å². The summed E-state index contributed by atoms with van der Waals surface area (Å²) >= 11 is 1.71. The minimum atomic E-state index is -0.554. The highest BCUT2D eigenvalue weighted by atomic mass is 32.2. The van der Waals surface area contributed by atoms with Crippen molar-refractivity contribution in [2.45, 2.75) is 75.1 Å². The van der Waals surface area contributed by atoms with Crippen LogP contribution in [0.2, 0.25) is 0 Å². The monoisotopic (exact) mass is 684 g/mol. The van der Waals surface area contributed by atoms with Crippen molar-refractivity contribution in [2.24, 2.45) is 0 Å². The highest BCUT2D eigenvalue weighted by Crippen LogP contribution is 2.40. The number of carbonyl (C=O) groups is 2. The van der Waals surface area contributed by atoms with Crippen molar-refractivity contribution >= 4 is 23.6 Å². The summed E-state index contributed by atoms with van der Waals surface area (Å²) in [6.07, 6.45) is 2.59. The van der Waals surface area contributed by atoms with Crippen molar-refractivity contribution in [1.29, 1.82) is 0 Å². The topological polar surface area (TPSA) is 126 Å². The molecular formula is C39H44N2O7S. The number of aliphatic hydroxyl groups is 1. The minimum absolute atomic E-state index is 0.00385. The Morgan fingerprint density at radius 3 is 2.29 bits per heavy atom. The first-order valence-corrected chi connectivity index (χ1v) is 17.6. The van der Waals surface area contributed by atoms with Gasteiger partial charge in [0, 0.05) is 42.0 Å². The van der Waals surface area contributed by atoms with Crippen molar-refractivity contribution in [3.63, 3.8) is 0 Å². The van der Waals surface area contributed by atoms with E-state index in [-0.39, 0.29) is 31.1 Å². The van der Waals surface area contributed by atoms with Crippen LogP contribution in [0.25, 0.3) is 11.1 Å². The van der Waals surface area contributed by atoms with Crippen molar-refractivity contribution in [3.05, 3.63) is 119 Å². The molecule has 1 fully saturated rings. The molecule has 1 heterocycles. The van der Waals surface area contributed by atoms with Crippen LogP contribution in [0.3, 0.4) is 0 Å². The first kappa shape index (κ1) is 36.1.